The number of nitrogens with zero attached hydrogens (tertiary/aromatic N) is 4. The molecule has 1 amide bonds. The Labute approximate surface area is 203 Å². The molecule has 5 aromatic rings. The minimum atomic E-state index is -0.188. The number of aromatic nitrogens is 4. The van der Waals surface area contributed by atoms with Crippen LogP contribution in [-0.4, -0.2) is 39.1 Å². The molecule has 2 aromatic heterocycles. The Kier molecular flexibility index (Phi) is 6.39. The fraction of sp³-hybridized carbons (Fsp3) is 0.107. The number of carbonyl (C=O) groups is 1. The lowest BCUT2D eigenvalue weighted by atomic mass is 10.1. The van der Waals surface area contributed by atoms with E-state index in [9.17, 15) is 4.79 Å². The van der Waals surface area contributed by atoms with Crippen LogP contribution in [0.2, 0.25) is 0 Å². The molecule has 1 N–H and O–H groups in total. The highest BCUT2D eigenvalue weighted by Crippen LogP contribution is 2.27. The summed E-state index contributed by atoms with van der Waals surface area (Å²) >= 11 is 0. The lowest BCUT2D eigenvalue weighted by molar-refractivity contribution is 0.0954. The Hall–Kier alpha value is -4.65. The zero-order chi connectivity index (χ0) is 24.0. The number of hydrogen-bond acceptors (Lipinski definition) is 4. The molecule has 0 saturated heterocycles. The van der Waals surface area contributed by atoms with Crippen LogP contribution in [0.3, 0.4) is 0 Å². The standard InChI is InChI=1S/C28H25N5O2/c1-35-25-14-8-9-21(19-25)27-26(20-33(31-27)24-12-6-3-7-13-24)28(34)29-17-15-22-16-18-32(30-22)23-10-4-2-5-11-23/h2-14,16,18-20H,15,17H2,1H3,(H,29,34). The van der Waals surface area contributed by atoms with Crippen LogP contribution in [0.1, 0.15) is 16.1 Å². The van der Waals surface area contributed by atoms with E-state index in [1.165, 1.54) is 0 Å². The quantitative estimate of drug-likeness (QED) is 0.362. The van der Waals surface area contributed by atoms with Gasteiger partial charge in [-0.2, -0.15) is 10.2 Å². The number of carbonyl (C=O) groups excluding carboxylic acids is 1. The van der Waals surface area contributed by atoms with E-state index in [1.54, 1.807) is 18.0 Å². The molecule has 0 radical (unpaired) electrons. The van der Waals surface area contributed by atoms with Gasteiger partial charge in [-0.25, -0.2) is 9.36 Å². The first kappa shape index (κ1) is 22.2. The monoisotopic (exact) mass is 463 g/mol. The molecule has 0 aliphatic carbocycles. The van der Waals surface area contributed by atoms with Crippen molar-refractivity contribution in [3.63, 3.8) is 0 Å². The molecule has 0 bridgehead atoms. The number of amides is 1. The number of ether oxygens (including phenoxy) is 1. The molecule has 5 rings (SSSR count). The second-order valence-corrected chi connectivity index (χ2v) is 8.00. The van der Waals surface area contributed by atoms with Gasteiger partial charge in [0.1, 0.15) is 11.4 Å². The SMILES string of the molecule is COc1cccc(-c2nn(-c3ccccc3)cc2C(=O)NCCc2ccn(-c3ccccc3)n2)c1. The van der Waals surface area contributed by atoms with Crippen molar-refractivity contribution in [1.82, 2.24) is 24.9 Å². The van der Waals surface area contributed by atoms with Crippen molar-refractivity contribution in [1.29, 1.82) is 0 Å². The largest absolute Gasteiger partial charge is 0.497 e. The van der Waals surface area contributed by atoms with E-state index in [-0.39, 0.29) is 5.91 Å². The summed E-state index contributed by atoms with van der Waals surface area (Å²) in [4.78, 5) is 13.2. The molecule has 174 valence electrons. The number of methoxy groups -OCH3 is 1. The smallest absolute Gasteiger partial charge is 0.255 e. The molecule has 7 nitrogen and oxygen atoms in total. The Morgan fingerprint density at radius 2 is 1.57 bits per heavy atom. The maximum Gasteiger partial charge on any atom is 0.255 e. The Bertz CT molecular complexity index is 1420. The van der Waals surface area contributed by atoms with E-state index < -0.39 is 0 Å². The predicted octanol–water partition coefficient (Wildman–Crippen LogP) is 4.71. The molecule has 0 spiro atoms. The summed E-state index contributed by atoms with van der Waals surface area (Å²) < 4.78 is 8.93. The fourth-order valence-electron chi connectivity index (χ4n) is 3.86. The highest BCUT2D eigenvalue weighted by Gasteiger charge is 2.19. The molecule has 0 fully saturated rings. The topological polar surface area (TPSA) is 74.0 Å². The van der Waals surface area contributed by atoms with Gasteiger partial charge in [-0.15, -0.1) is 0 Å². The average molecular weight is 464 g/mol. The first-order valence-corrected chi connectivity index (χ1v) is 11.4. The number of rotatable bonds is 8. The maximum absolute atomic E-state index is 13.2. The molecule has 35 heavy (non-hydrogen) atoms. The summed E-state index contributed by atoms with van der Waals surface area (Å²) in [5.74, 6) is 0.518. The van der Waals surface area contributed by atoms with Crippen LogP contribution < -0.4 is 10.1 Å². The first-order chi connectivity index (χ1) is 17.2. The van der Waals surface area contributed by atoms with Gasteiger partial charge >= 0.3 is 0 Å². The van der Waals surface area contributed by atoms with Gasteiger partial charge in [0.2, 0.25) is 0 Å². The Morgan fingerprint density at radius 3 is 2.29 bits per heavy atom. The molecule has 0 aliphatic heterocycles. The molecule has 0 saturated carbocycles. The Balaban J connectivity index is 1.35. The van der Waals surface area contributed by atoms with E-state index in [1.807, 2.05) is 102 Å². The van der Waals surface area contributed by atoms with Gasteiger partial charge in [0.05, 0.1) is 29.7 Å². The van der Waals surface area contributed by atoms with E-state index in [0.717, 1.165) is 22.6 Å². The van der Waals surface area contributed by atoms with Gasteiger partial charge < -0.3 is 10.1 Å². The van der Waals surface area contributed by atoms with Gasteiger partial charge in [-0.3, -0.25) is 4.79 Å². The number of para-hydroxylation sites is 2. The number of benzene rings is 3. The van der Waals surface area contributed by atoms with Crippen molar-refractivity contribution in [3.8, 4) is 28.4 Å². The van der Waals surface area contributed by atoms with Crippen molar-refractivity contribution in [3.05, 3.63) is 115 Å². The highest BCUT2D eigenvalue weighted by molar-refractivity contribution is 6.00. The third kappa shape index (κ3) is 4.99. The van der Waals surface area contributed by atoms with E-state index in [4.69, 9.17) is 9.84 Å². The second-order valence-electron chi connectivity index (χ2n) is 8.00. The minimum absolute atomic E-state index is 0.188. The summed E-state index contributed by atoms with van der Waals surface area (Å²) in [5, 5.41) is 12.4. The van der Waals surface area contributed by atoms with Crippen LogP contribution in [0.15, 0.2) is 103 Å². The van der Waals surface area contributed by atoms with Crippen LogP contribution in [0, 0.1) is 0 Å². The van der Waals surface area contributed by atoms with Gasteiger partial charge in [-0.05, 0) is 42.5 Å². The maximum atomic E-state index is 13.2. The van der Waals surface area contributed by atoms with Crippen LogP contribution in [0.4, 0.5) is 0 Å². The van der Waals surface area contributed by atoms with Crippen LogP contribution in [-0.2, 0) is 6.42 Å². The molecule has 0 aliphatic rings. The number of hydrogen-bond donors (Lipinski definition) is 1. The lowest BCUT2D eigenvalue weighted by Gasteiger charge is -2.06. The normalized spacial score (nSPS) is 10.8. The van der Waals surface area contributed by atoms with Crippen molar-refractivity contribution in [2.75, 3.05) is 13.7 Å². The van der Waals surface area contributed by atoms with Crippen molar-refractivity contribution >= 4 is 5.91 Å². The zero-order valence-electron chi connectivity index (χ0n) is 19.3. The third-order valence-electron chi connectivity index (χ3n) is 5.65. The molecule has 3 aromatic carbocycles. The minimum Gasteiger partial charge on any atom is -0.497 e. The summed E-state index contributed by atoms with van der Waals surface area (Å²) in [5.41, 5.74) is 4.68. The summed E-state index contributed by atoms with van der Waals surface area (Å²) in [6.07, 6.45) is 4.31. The van der Waals surface area contributed by atoms with Crippen molar-refractivity contribution in [2.24, 2.45) is 0 Å². The fourth-order valence-corrected chi connectivity index (χ4v) is 3.86. The van der Waals surface area contributed by atoms with E-state index in [2.05, 4.69) is 10.4 Å². The van der Waals surface area contributed by atoms with Gasteiger partial charge in [0.15, 0.2) is 0 Å². The Morgan fingerprint density at radius 1 is 0.857 bits per heavy atom. The van der Waals surface area contributed by atoms with Gasteiger partial charge in [-0.1, -0.05) is 48.5 Å². The second kappa shape index (κ2) is 10.1. The summed E-state index contributed by atoms with van der Waals surface area (Å²) in [6.45, 7) is 0.457. The van der Waals surface area contributed by atoms with Crippen LogP contribution >= 0.6 is 0 Å². The summed E-state index contributed by atoms with van der Waals surface area (Å²) in [6, 6.07) is 29.2. The molecule has 0 unspecified atom stereocenters. The van der Waals surface area contributed by atoms with Crippen molar-refractivity contribution in [2.45, 2.75) is 6.42 Å². The van der Waals surface area contributed by atoms with Crippen LogP contribution in [0.25, 0.3) is 22.6 Å². The highest BCUT2D eigenvalue weighted by atomic mass is 16.5. The van der Waals surface area contributed by atoms with Crippen molar-refractivity contribution < 1.29 is 9.53 Å². The molecule has 7 heteroatoms. The van der Waals surface area contributed by atoms with Gasteiger partial charge in [0.25, 0.3) is 5.91 Å². The van der Waals surface area contributed by atoms with E-state index in [0.29, 0.717) is 30.0 Å². The molecule has 0 atom stereocenters. The van der Waals surface area contributed by atoms with Gasteiger partial charge in [0, 0.05) is 30.9 Å². The molecular formula is C28H25N5O2. The lowest BCUT2D eigenvalue weighted by Crippen LogP contribution is -2.26. The van der Waals surface area contributed by atoms with E-state index >= 15 is 0 Å². The zero-order valence-corrected chi connectivity index (χ0v) is 19.3. The molecular weight excluding hydrogens is 438 g/mol. The average Bonchev–Trinajstić information content (AvgIpc) is 3.58. The summed E-state index contributed by atoms with van der Waals surface area (Å²) in [7, 11) is 1.62. The van der Waals surface area contributed by atoms with Crippen LogP contribution in [0.5, 0.6) is 5.75 Å². The number of nitrogens with one attached hydrogen (secondary N) is 1. The molecule has 2 heterocycles. The first-order valence-electron chi connectivity index (χ1n) is 11.4. The third-order valence-corrected chi connectivity index (χ3v) is 5.65. The predicted molar refractivity (Wildman–Crippen MR) is 135 cm³/mol.